The summed E-state index contributed by atoms with van der Waals surface area (Å²) in [6, 6.07) is 13.2. The van der Waals surface area contributed by atoms with E-state index in [0.29, 0.717) is 22.9 Å². The van der Waals surface area contributed by atoms with Gasteiger partial charge in [-0.1, -0.05) is 23.4 Å². The summed E-state index contributed by atoms with van der Waals surface area (Å²) >= 11 is 0. The number of hydrogen-bond donors (Lipinski definition) is 1. The van der Waals surface area contributed by atoms with Gasteiger partial charge < -0.3 is 14.0 Å². The third-order valence-corrected chi connectivity index (χ3v) is 4.99. The molecule has 0 amide bonds. The number of aromatic nitrogens is 2. The standard InChI is InChI=1S/C17H17N3O5S/c1-23-14-9-8-12(10-15(14)24-2)17-19-16(25-20-17)11-18-26(21,22)13-6-4-3-5-7-13/h3-10,18H,11H2,1-2H3. The van der Waals surface area contributed by atoms with Gasteiger partial charge in [0.1, 0.15) is 0 Å². The molecule has 136 valence electrons. The van der Waals surface area contributed by atoms with Crippen molar-refractivity contribution in [2.75, 3.05) is 14.2 Å². The van der Waals surface area contributed by atoms with Crippen molar-refractivity contribution in [1.29, 1.82) is 0 Å². The Balaban J connectivity index is 1.74. The molecule has 0 atom stereocenters. The minimum absolute atomic E-state index is 0.114. The van der Waals surface area contributed by atoms with Crippen LogP contribution in [0.3, 0.4) is 0 Å². The Hall–Kier alpha value is -2.91. The minimum atomic E-state index is -3.65. The van der Waals surface area contributed by atoms with Crippen molar-refractivity contribution < 1.29 is 22.4 Å². The van der Waals surface area contributed by atoms with Gasteiger partial charge in [-0.05, 0) is 30.3 Å². The summed E-state index contributed by atoms with van der Waals surface area (Å²) in [6.45, 7) is -0.114. The Labute approximate surface area is 150 Å². The molecule has 3 aromatic rings. The monoisotopic (exact) mass is 375 g/mol. The SMILES string of the molecule is COc1ccc(-c2noc(CNS(=O)(=O)c3ccccc3)n2)cc1OC. The lowest BCUT2D eigenvalue weighted by atomic mass is 10.2. The van der Waals surface area contributed by atoms with E-state index in [9.17, 15) is 8.42 Å². The number of ether oxygens (including phenoxy) is 2. The molecule has 1 aromatic heterocycles. The van der Waals surface area contributed by atoms with E-state index in [-0.39, 0.29) is 17.3 Å². The van der Waals surface area contributed by atoms with Crippen LogP contribution in [-0.2, 0) is 16.6 Å². The largest absolute Gasteiger partial charge is 0.493 e. The Bertz CT molecular complexity index is 987. The van der Waals surface area contributed by atoms with E-state index in [1.54, 1.807) is 43.5 Å². The molecule has 0 fully saturated rings. The summed E-state index contributed by atoms with van der Waals surface area (Å²) in [5.41, 5.74) is 0.656. The third kappa shape index (κ3) is 3.84. The number of nitrogens with one attached hydrogen (secondary N) is 1. The van der Waals surface area contributed by atoms with Crippen LogP contribution in [0.4, 0.5) is 0 Å². The molecular weight excluding hydrogens is 358 g/mol. The van der Waals surface area contributed by atoms with Gasteiger partial charge in [-0.2, -0.15) is 4.98 Å². The van der Waals surface area contributed by atoms with Crippen LogP contribution in [0.1, 0.15) is 5.89 Å². The van der Waals surface area contributed by atoms with Crippen LogP contribution < -0.4 is 14.2 Å². The fourth-order valence-corrected chi connectivity index (χ4v) is 3.25. The predicted molar refractivity (Wildman–Crippen MR) is 93.3 cm³/mol. The zero-order chi connectivity index (χ0) is 18.6. The van der Waals surface area contributed by atoms with Crippen molar-refractivity contribution in [3.05, 3.63) is 54.4 Å². The molecule has 0 aliphatic carbocycles. The Morgan fingerprint density at radius 2 is 1.77 bits per heavy atom. The average Bonchev–Trinajstić information content (AvgIpc) is 3.16. The lowest BCUT2D eigenvalue weighted by Crippen LogP contribution is -2.23. The normalized spacial score (nSPS) is 11.3. The summed E-state index contributed by atoms with van der Waals surface area (Å²) in [4.78, 5) is 4.37. The van der Waals surface area contributed by atoms with Crippen LogP contribution in [0, 0.1) is 0 Å². The van der Waals surface area contributed by atoms with Gasteiger partial charge in [0.25, 0.3) is 0 Å². The molecule has 1 N–H and O–H groups in total. The Kier molecular flexibility index (Phi) is 5.19. The number of hydrogen-bond acceptors (Lipinski definition) is 7. The summed E-state index contributed by atoms with van der Waals surface area (Å²) < 4.78 is 42.4. The average molecular weight is 375 g/mol. The quantitative estimate of drug-likeness (QED) is 0.675. The number of nitrogens with zero attached hydrogens (tertiary/aromatic N) is 2. The van der Waals surface area contributed by atoms with Crippen molar-refractivity contribution >= 4 is 10.0 Å². The maximum absolute atomic E-state index is 12.2. The molecule has 0 spiro atoms. The molecule has 0 aliphatic heterocycles. The van der Waals surface area contributed by atoms with E-state index in [1.165, 1.54) is 19.2 Å². The molecule has 9 heteroatoms. The molecule has 0 saturated carbocycles. The van der Waals surface area contributed by atoms with E-state index >= 15 is 0 Å². The molecule has 0 radical (unpaired) electrons. The zero-order valence-corrected chi connectivity index (χ0v) is 15.0. The molecule has 0 saturated heterocycles. The highest BCUT2D eigenvalue weighted by Gasteiger charge is 2.16. The molecular formula is C17H17N3O5S. The van der Waals surface area contributed by atoms with Crippen molar-refractivity contribution in [2.24, 2.45) is 0 Å². The second kappa shape index (κ2) is 7.54. The van der Waals surface area contributed by atoms with Gasteiger partial charge in [0, 0.05) is 5.56 Å². The first-order valence-corrected chi connectivity index (χ1v) is 9.11. The fourth-order valence-electron chi connectivity index (χ4n) is 2.26. The molecule has 26 heavy (non-hydrogen) atoms. The van der Waals surface area contributed by atoms with Crippen molar-refractivity contribution in [1.82, 2.24) is 14.9 Å². The van der Waals surface area contributed by atoms with Crippen LogP contribution in [-0.4, -0.2) is 32.8 Å². The van der Waals surface area contributed by atoms with Crippen LogP contribution in [0.25, 0.3) is 11.4 Å². The fraction of sp³-hybridized carbons (Fsp3) is 0.176. The van der Waals surface area contributed by atoms with Crippen molar-refractivity contribution in [3.8, 4) is 22.9 Å². The minimum Gasteiger partial charge on any atom is -0.493 e. The van der Waals surface area contributed by atoms with E-state index in [4.69, 9.17) is 14.0 Å². The van der Waals surface area contributed by atoms with E-state index in [2.05, 4.69) is 14.9 Å². The molecule has 0 aliphatic rings. The number of sulfonamides is 1. The second-order valence-corrected chi connectivity index (χ2v) is 6.99. The molecule has 3 rings (SSSR count). The summed E-state index contributed by atoms with van der Waals surface area (Å²) in [6.07, 6.45) is 0. The van der Waals surface area contributed by atoms with Crippen LogP contribution in [0.15, 0.2) is 57.9 Å². The van der Waals surface area contributed by atoms with Gasteiger partial charge in [0.2, 0.25) is 21.7 Å². The lowest BCUT2D eigenvalue weighted by Gasteiger charge is -2.07. The Morgan fingerprint density at radius 1 is 1.04 bits per heavy atom. The number of benzene rings is 2. The molecule has 8 nitrogen and oxygen atoms in total. The smallest absolute Gasteiger partial charge is 0.242 e. The highest BCUT2D eigenvalue weighted by molar-refractivity contribution is 7.89. The predicted octanol–water partition coefficient (Wildman–Crippen LogP) is 2.23. The van der Waals surface area contributed by atoms with Gasteiger partial charge in [-0.3, -0.25) is 0 Å². The van der Waals surface area contributed by atoms with E-state index in [1.807, 2.05) is 0 Å². The van der Waals surface area contributed by atoms with Crippen molar-refractivity contribution in [3.63, 3.8) is 0 Å². The lowest BCUT2D eigenvalue weighted by molar-refractivity contribution is 0.355. The highest BCUT2D eigenvalue weighted by Crippen LogP contribution is 2.31. The number of rotatable bonds is 7. The van der Waals surface area contributed by atoms with E-state index in [0.717, 1.165) is 0 Å². The topological polar surface area (TPSA) is 104 Å². The van der Waals surface area contributed by atoms with Crippen LogP contribution in [0.2, 0.25) is 0 Å². The number of methoxy groups -OCH3 is 2. The summed E-state index contributed by atoms with van der Waals surface area (Å²) in [5.74, 6) is 1.57. The zero-order valence-electron chi connectivity index (χ0n) is 14.2. The van der Waals surface area contributed by atoms with E-state index < -0.39 is 10.0 Å². The van der Waals surface area contributed by atoms with Gasteiger partial charge in [-0.15, -0.1) is 0 Å². The summed E-state index contributed by atoms with van der Waals surface area (Å²) in [7, 11) is -0.574. The van der Waals surface area contributed by atoms with Crippen LogP contribution >= 0.6 is 0 Å². The van der Waals surface area contributed by atoms with Crippen LogP contribution in [0.5, 0.6) is 11.5 Å². The second-order valence-electron chi connectivity index (χ2n) is 5.22. The van der Waals surface area contributed by atoms with Gasteiger partial charge in [0.15, 0.2) is 11.5 Å². The van der Waals surface area contributed by atoms with Gasteiger partial charge in [0.05, 0.1) is 25.7 Å². The molecule has 2 aromatic carbocycles. The third-order valence-electron chi connectivity index (χ3n) is 3.58. The Morgan fingerprint density at radius 3 is 2.46 bits per heavy atom. The molecule has 0 bridgehead atoms. The maximum atomic E-state index is 12.2. The molecule has 0 unspecified atom stereocenters. The van der Waals surface area contributed by atoms with Gasteiger partial charge in [-0.25, -0.2) is 13.1 Å². The summed E-state index contributed by atoms with van der Waals surface area (Å²) in [5, 5.41) is 3.87. The maximum Gasteiger partial charge on any atom is 0.242 e. The van der Waals surface area contributed by atoms with Crippen molar-refractivity contribution in [2.45, 2.75) is 11.4 Å². The first-order valence-electron chi connectivity index (χ1n) is 7.63. The highest BCUT2D eigenvalue weighted by atomic mass is 32.2. The molecule has 1 heterocycles. The van der Waals surface area contributed by atoms with Gasteiger partial charge >= 0.3 is 0 Å². The first kappa shape index (κ1) is 17.9. The first-order chi connectivity index (χ1) is 12.5.